The summed E-state index contributed by atoms with van der Waals surface area (Å²) in [6, 6.07) is 0. The van der Waals surface area contributed by atoms with Gasteiger partial charge in [-0.05, 0) is 7.05 Å². The molecule has 17 heavy (non-hydrogen) atoms. The smallest absolute Gasteiger partial charge is 0.355 e. The number of aliphatic hydroxyl groups excluding tert-OH is 1. The lowest BCUT2D eigenvalue weighted by Gasteiger charge is -2.13. The number of hydrogen-bond acceptors (Lipinski definition) is 5. The van der Waals surface area contributed by atoms with Crippen LogP contribution >= 0.6 is 11.3 Å². The highest BCUT2D eigenvalue weighted by molar-refractivity contribution is 7.12. The molecule has 5 nitrogen and oxygen atoms in total. The molecule has 1 rings (SSSR count). The number of likely N-dealkylation sites (N-methyl/N-ethyl adjacent to an activating group) is 1. The lowest BCUT2D eigenvalue weighted by Crippen LogP contribution is -2.22. The molecule has 96 valence electrons. The predicted octanol–water partition coefficient (Wildman–Crippen LogP) is 1.39. The Bertz CT molecular complexity index is 390. The van der Waals surface area contributed by atoms with Crippen LogP contribution in [0.3, 0.4) is 0 Å². The Balaban J connectivity index is 2.92. The number of aromatic nitrogens is 1. The van der Waals surface area contributed by atoms with E-state index in [9.17, 15) is 4.79 Å². The summed E-state index contributed by atoms with van der Waals surface area (Å²) in [5.74, 6) is -0.754. The van der Waals surface area contributed by atoms with Gasteiger partial charge in [0, 0.05) is 19.0 Å². The molecule has 0 unspecified atom stereocenters. The van der Waals surface area contributed by atoms with Crippen molar-refractivity contribution in [3.63, 3.8) is 0 Å². The van der Waals surface area contributed by atoms with Crippen molar-refractivity contribution in [1.29, 1.82) is 0 Å². The van der Waals surface area contributed by atoms with E-state index >= 15 is 0 Å². The van der Waals surface area contributed by atoms with E-state index in [4.69, 9.17) is 10.2 Å². The Hall–Kier alpha value is -0.980. The number of carbonyl (C=O) groups is 1. The second-order valence-electron chi connectivity index (χ2n) is 4.25. The molecule has 0 amide bonds. The number of rotatable bonds is 6. The molecule has 1 aromatic heterocycles. The Labute approximate surface area is 105 Å². The van der Waals surface area contributed by atoms with Crippen LogP contribution in [-0.4, -0.2) is 46.3 Å². The fourth-order valence-corrected chi connectivity index (χ4v) is 2.53. The number of carboxylic acids is 1. The van der Waals surface area contributed by atoms with Crippen LogP contribution in [0.4, 0.5) is 0 Å². The molecule has 2 N–H and O–H groups in total. The molecule has 0 fully saturated rings. The van der Waals surface area contributed by atoms with Crippen LogP contribution < -0.4 is 0 Å². The normalized spacial score (nSPS) is 11.4. The molecular weight excluding hydrogens is 240 g/mol. The van der Waals surface area contributed by atoms with E-state index in [0.29, 0.717) is 13.1 Å². The van der Waals surface area contributed by atoms with E-state index in [2.05, 4.69) is 4.98 Å². The topological polar surface area (TPSA) is 73.7 Å². The third kappa shape index (κ3) is 3.76. The Kier molecular flexibility index (Phi) is 5.04. The van der Waals surface area contributed by atoms with Crippen LogP contribution in [0.15, 0.2) is 0 Å². The number of carboxylic acid groups (broad SMARTS) is 1. The van der Waals surface area contributed by atoms with Crippen molar-refractivity contribution >= 4 is 17.3 Å². The third-order valence-corrected chi connectivity index (χ3v) is 3.65. The summed E-state index contributed by atoms with van der Waals surface area (Å²) in [6.45, 7) is 5.08. The largest absolute Gasteiger partial charge is 0.476 e. The lowest BCUT2D eigenvalue weighted by molar-refractivity contribution is 0.0689. The zero-order valence-corrected chi connectivity index (χ0v) is 11.1. The van der Waals surface area contributed by atoms with E-state index < -0.39 is 5.97 Å². The van der Waals surface area contributed by atoms with Crippen molar-refractivity contribution in [2.75, 3.05) is 20.2 Å². The van der Waals surface area contributed by atoms with E-state index in [0.717, 1.165) is 9.88 Å². The van der Waals surface area contributed by atoms with Gasteiger partial charge in [0.25, 0.3) is 0 Å². The Morgan fingerprint density at radius 1 is 1.53 bits per heavy atom. The first-order valence-corrected chi connectivity index (χ1v) is 6.29. The summed E-state index contributed by atoms with van der Waals surface area (Å²) in [5.41, 5.74) is 0.142. The van der Waals surface area contributed by atoms with Gasteiger partial charge in [-0.3, -0.25) is 4.90 Å². The molecule has 0 aliphatic carbocycles. The molecular formula is C11H18N2O3S. The highest BCUT2D eigenvalue weighted by atomic mass is 32.1. The van der Waals surface area contributed by atoms with Gasteiger partial charge in [-0.25, -0.2) is 9.78 Å². The molecule has 0 spiro atoms. The minimum absolute atomic E-state index is 0.0642. The number of aliphatic hydroxyl groups is 1. The molecule has 0 aliphatic rings. The molecule has 0 bridgehead atoms. The van der Waals surface area contributed by atoms with E-state index in [1.807, 2.05) is 25.8 Å². The van der Waals surface area contributed by atoms with Crippen molar-refractivity contribution < 1.29 is 15.0 Å². The number of nitrogens with zero attached hydrogens (tertiary/aromatic N) is 2. The molecule has 0 aromatic carbocycles. The monoisotopic (exact) mass is 258 g/mol. The van der Waals surface area contributed by atoms with E-state index in [-0.39, 0.29) is 18.2 Å². The maximum absolute atomic E-state index is 11.1. The van der Waals surface area contributed by atoms with Crippen LogP contribution in [0.1, 0.15) is 40.1 Å². The van der Waals surface area contributed by atoms with Gasteiger partial charge in [0.2, 0.25) is 0 Å². The van der Waals surface area contributed by atoms with Gasteiger partial charge in [0.1, 0.15) is 0 Å². The minimum Gasteiger partial charge on any atom is -0.476 e. The zero-order valence-electron chi connectivity index (χ0n) is 10.3. The number of hydrogen-bond donors (Lipinski definition) is 2. The van der Waals surface area contributed by atoms with Crippen molar-refractivity contribution in [2.45, 2.75) is 26.3 Å². The SMILES string of the molecule is CC(C)c1nc(C(=O)O)c(CN(C)CCO)s1. The summed E-state index contributed by atoms with van der Waals surface area (Å²) >= 11 is 1.43. The average molecular weight is 258 g/mol. The van der Waals surface area contributed by atoms with Crippen molar-refractivity contribution in [1.82, 2.24) is 9.88 Å². The fraction of sp³-hybridized carbons (Fsp3) is 0.636. The average Bonchev–Trinajstić information content (AvgIpc) is 2.62. The number of thiazole rings is 1. The molecule has 0 atom stereocenters. The van der Waals surface area contributed by atoms with E-state index in [1.54, 1.807) is 0 Å². The van der Waals surface area contributed by atoms with Gasteiger partial charge < -0.3 is 10.2 Å². The Morgan fingerprint density at radius 3 is 2.65 bits per heavy atom. The first-order valence-electron chi connectivity index (χ1n) is 5.48. The predicted molar refractivity (Wildman–Crippen MR) is 66.6 cm³/mol. The Morgan fingerprint density at radius 2 is 2.18 bits per heavy atom. The van der Waals surface area contributed by atoms with Crippen molar-refractivity contribution in [3.05, 3.63) is 15.6 Å². The lowest BCUT2D eigenvalue weighted by atomic mass is 10.2. The fourth-order valence-electron chi connectivity index (χ4n) is 1.39. The highest BCUT2D eigenvalue weighted by Gasteiger charge is 2.19. The molecule has 0 saturated carbocycles. The summed E-state index contributed by atoms with van der Waals surface area (Å²) in [4.78, 5) is 17.9. The molecule has 1 aromatic rings. The second kappa shape index (κ2) is 6.09. The minimum atomic E-state index is -0.986. The van der Waals surface area contributed by atoms with E-state index in [1.165, 1.54) is 11.3 Å². The van der Waals surface area contributed by atoms with Gasteiger partial charge in [-0.15, -0.1) is 11.3 Å². The third-order valence-electron chi connectivity index (χ3n) is 2.31. The molecule has 0 aliphatic heterocycles. The van der Waals surface area contributed by atoms with Crippen molar-refractivity contribution in [3.8, 4) is 0 Å². The maximum atomic E-state index is 11.1. The van der Waals surface area contributed by atoms with Crippen LogP contribution in [0.5, 0.6) is 0 Å². The molecule has 6 heteroatoms. The first-order chi connectivity index (χ1) is 7.95. The van der Waals surface area contributed by atoms with Gasteiger partial charge >= 0.3 is 5.97 Å². The molecule has 0 radical (unpaired) electrons. The molecule has 0 saturated heterocycles. The van der Waals surface area contributed by atoms with Crippen molar-refractivity contribution in [2.24, 2.45) is 0 Å². The maximum Gasteiger partial charge on any atom is 0.355 e. The van der Waals surface area contributed by atoms with Gasteiger partial charge in [-0.2, -0.15) is 0 Å². The van der Waals surface area contributed by atoms with Gasteiger partial charge in [-0.1, -0.05) is 13.8 Å². The summed E-state index contributed by atoms with van der Waals surface area (Å²) in [5, 5.41) is 18.7. The van der Waals surface area contributed by atoms with Crippen LogP contribution in [-0.2, 0) is 6.54 Å². The van der Waals surface area contributed by atoms with Crippen LogP contribution in [0.25, 0.3) is 0 Å². The van der Waals surface area contributed by atoms with Gasteiger partial charge in [0.15, 0.2) is 5.69 Å². The first kappa shape index (κ1) is 14.1. The quantitative estimate of drug-likeness (QED) is 0.806. The standard InChI is InChI=1S/C11H18N2O3S/c1-7(2)10-12-9(11(15)16)8(17-10)6-13(3)4-5-14/h7,14H,4-6H2,1-3H3,(H,15,16). The molecule has 1 heterocycles. The highest BCUT2D eigenvalue weighted by Crippen LogP contribution is 2.25. The van der Waals surface area contributed by atoms with Crippen LogP contribution in [0.2, 0.25) is 0 Å². The second-order valence-corrected chi connectivity index (χ2v) is 5.36. The van der Waals surface area contributed by atoms with Crippen LogP contribution in [0, 0.1) is 0 Å². The zero-order chi connectivity index (χ0) is 13.0. The summed E-state index contributed by atoms with van der Waals surface area (Å²) in [6.07, 6.45) is 0. The number of aromatic carboxylic acids is 1. The summed E-state index contributed by atoms with van der Waals surface area (Å²) < 4.78 is 0. The van der Waals surface area contributed by atoms with Gasteiger partial charge in [0.05, 0.1) is 16.5 Å². The summed E-state index contributed by atoms with van der Waals surface area (Å²) in [7, 11) is 1.84.